The van der Waals surface area contributed by atoms with Crippen LogP contribution >= 0.6 is 0 Å². The molecule has 0 aliphatic carbocycles. The molecule has 2 aromatic carbocycles. The number of aryl methyl sites for hydroxylation is 2. The van der Waals surface area contributed by atoms with Crippen LogP contribution in [0.5, 0.6) is 0 Å². The maximum atomic E-state index is 13.4. The number of sulfonamides is 2. The van der Waals surface area contributed by atoms with Gasteiger partial charge in [-0.1, -0.05) is 12.1 Å². The van der Waals surface area contributed by atoms with E-state index in [2.05, 4.69) is 0 Å². The van der Waals surface area contributed by atoms with Crippen molar-refractivity contribution in [2.24, 2.45) is 0 Å². The van der Waals surface area contributed by atoms with Crippen LogP contribution in [-0.2, 0) is 20.0 Å². The smallest absolute Gasteiger partial charge is 0.207 e. The van der Waals surface area contributed by atoms with Gasteiger partial charge in [0.15, 0.2) is 0 Å². The third-order valence-corrected chi connectivity index (χ3v) is 8.55. The molecule has 1 saturated heterocycles. The average Bonchev–Trinajstić information content (AvgIpc) is 2.63. The van der Waals surface area contributed by atoms with Crippen LogP contribution in [0.2, 0.25) is 0 Å². The lowest BCUT2D eigenvalue weighted by Gasteiger charge is -2.33. The first-order chi connectivity index (χ1) is 13.0. The summed E-state index contributed by atoms with van der Waals surface area (Å²) >= 11 is 0. The van der Waals surface area contributed by atoms with Crippen LogP contribution in [0, 0.1) is 25.5 Å². The van der Waals surface area contributed by atoms with Gasteiger partial charge in [-0.2, -0.15) is 8.61 Å². The fourth-order valence-corrected chi connectivity index (χ4v) is 6.30. The van der Waals surface area contributed by atoms with Gasteiger partial charge in [-0.05, 0) is 43.2 Å². The minimum Gasteiger partial charge on any atom is -0.207 e. The zero-order chi connectivity index (χ0) is 20.7. The van der Waals surface area contributed by atoms with Crippen LogP contribution in [0.3, 0.4) is 0 Å². The second-order valence-electron chi connectivity index (χ2n) is 6.68. The molecule has 0 bridgehead atoms. The number of piperazine rings is 1. The molecule has 0 radical (unpaired) electrons. The third-order valence-electron chi connectivity index (χ3n) is 4.63. The van der Waals surface area contributed by atoms with Gasteiger partial charge in [0.05, 0.1) is 9.79 Å². The van der Waals surface area contributed by atoms with Crippen molar-refractivity contribution < 1.29 is 25.6 Å². The van der Waals surface area contributed by atoms with E-state index in [9.17, 15) is 25.6 Å². The lowest BCUT2D eigenvalue weighted by molar-refractivity contribution is 0.272. The van der Waals surface area contributed by atoms with E-state index >= 15 is 0 Å². The van der Waals surface area contributed by atoms with Gasteiger partial charge < -0.3 is 0 Å². The van der Waals surface area contributed by atoms with Crippen LogP contribution in [-0.4, -0.2) is 51.6 Å². The molecule has 6 nitrogen and oxygen atoms in total. The molecule has 28 heavy (non-hydrogen) atoms. The molecule has 1 fully saturated rings. The molecule has 152 valence electrons. The minimum absolute atomic E-state index is 0.0489. The maximum absolute atomic E-state index is 13.4. The Morgan fingerprint density at radius 3 is 1.79 bits per heavy atom. The van der Waals surface area contributed by atoms with Crippen molar-refractivity contribution >= 4 is 20.0 Å². The number of benzene rings is 2. The minimum atomic E-state index is -4.12. The van der Waals surface area contributed by atoms with Crippen molar-refractivity contribution in [1.82, 2.24) is 8.61 Å². The SMILES string of the molecule is Cc1ccc(C)c(S(=O)(=O)N2CCN(S(=O)(=O)c3cc(F)cc(F)c3)CC2)c1. The van der Waals surface area contributed by atoms with Crippen molar-refractivity contribution in [3.8, 4) is 0 Å². The largest absolute Gasteiger partial charge is 0.243 e. The molecule has 0 amide bonds. The molecule has 10 heteroatoms. The lowest BCUT2D eigenvalue weighted by Crippen LogP contribution is -2.50. The van der Waals surface area contributed by atoms with E-state index in [1.54, 1.807) is 26.0 Å². The monoisotopic (exact) mass is 430 g/mol. The van der Waals surface area contributed by atoms with Crippen LogP contribution < -0.4 is 0 Å². The van der Waals surface area contributed by atoms with Gasteiger partial charge >= 0.3 is 0 Å². The Morgan fingerprint density at radius 2 is 1.25 bits per heavy atom. The second kappa shape index (κ2) is 7.51. The summed E-state index contributed by atoms with van der Waals surface area (Å²) in [6.45, 7) is 3.18. The van der Waals surface area contributed by atoms with E-state index < -0.39 is 36.6 Å². The first-order valence-electron chi connectivity index (χ1n) is 8.55. The molecule has 0 saturated carbocycles. The fraction of sp³-hybridized carbons (Fsp3) is 0.333. The van der Waals surface area contributed by atoms with Crippen LogP contribution in [0.4, 0.5) is 8.78 Å². The highest BCUT2D eigenvalue weighted by Crippen LogP contribution is 2.25. The lowest BCUT2D eigenvalue weighted by atomic mass is 10.2. The summed E-state index contributed by atoms with van der Waals surface area (Å²) in [6.07, 6.45) is 0. The highest BCUT2D eigenvalue weighted by Gasteiger charge is 2.34. The number of nitrogens with zero attached hydrogens (tertiary/aromatic N) is 2. The summed E-state index contributed by atoms with van der Waals surface area (Å²) in [4.78, 5) is -0.299. The first kappa shape index (κ1) is 20.8. The summed E-state index contributed by atoms with van der Waals surface area (Å²) in [7, 11) is -7.89. The molecule has 0 N–H and O–H groups in total. The Morgan fingerprint density at radius 1 is 0.750 bits per heavy atom. The molecule has 0 unspecified atom stereocenters. The Bertz CT molecular complexity index is 1090. The molecule has 1 heterocycles. The van der Waals surface area contributed by atoms with Gasteiger partial charge in [-0.25, -0.2) is 25.6 Å². The third kappa shape index (κ3) is 3.95. The zero-order valence-electron chi connectivity index (χ0n) is 15.4. The number of hydrogen-bond donors (Lipinski definition) is 0. The standard InChI is InChI=1S/C18H20F2N2O4S2/c1-13-3-4-14(2)18(9-13)28(25,26)22-7-5-21(6-8-22)27(23,24)17-11-15(19)10-16(20)12-17/h3-4,9-12H,5-8H2,1-2H3. The summed E-state index contributed by atoms with van der Waals surface area (Å²) in [5, 5.41) is 0. The summed E-state index contributed by atoms with van der Waals surface area (Å²) in [5.41, 5.74) is 1.41. The van der Waals surface area contributed by atoms with Crippen molar-refractivity contribution in [2.45, 2.75) is 23.6 Å². The quantitative estimate of drug-likeness (QED) is 0.746. The van der Waals surface area contributed by atoms with E-state index in [0.717, 1.165) is 22.0 Å². The molecule has 0 atom stereocenters. The first-order valence-corrected chi connectivity index (χ1v) is 11.4. The van der Waals surface area contributed by atoms with Crippen molar-refractivity contribution in [1.29, 1.82) is 0 Å². The highest BCUT2D eigenvalue weighted by molar-refractivity contribution is 7.89. The number of hydrogen-bond acceptors (Lipinski definition) is 4. The fourth-order valence-electron chi connectivity index (χ4n) is 3.10. The predicted molar refractivity (Wildman–Crippen MR) is 99.8 cm³/mol. The van der Waals surface area contributed by atoms with Gasteiger partial charge in [0.1, 0.15) is 11.6 Å². The van der Waals surface area contributed by atoms with Crippen molar-refractivity contribution in [2.75, 3.05) is 26.2 Å². The van der Waals surface area contributed by atoms with E-state index in [-0.39, 0.29) is 31.1 Å². The van der Waals surface area contributed by atoms with Gasteiger partial charge in [-0.15, -0.1) is 0 Å². The van der Waals surface area contributed by atoms with Crippen molar-refractivity contribution in [3.63, 3.8) is 0 Å². The second-order valence-corrected chi connectivity index (χ2v) is 10.5. The van der Waals surface area contributed by atoms with E-state index in [1.807, 2.05) is 6.07 Å². The predicted octanol–water partition coefficient (Wildman–Crippen LogP) is 2.28. The van der Waals surface area contributed by atoms with Crippen LogP contribution in [0.25, 0.3) is 0 Å². The van der Waals surface area contributed by atoms with Gasteiger partial charge in [0, 0.05) is 32.2 Å². The van der Waals surface area contributed by atoms with Crippen molar-refractivity contribution in [3.05, 3.63) is 59.2 Å². The topological polar surface area (TPSA) is 74.8 Å². The molecule has 3 rings (SSSR count). The Kier molecular flexibility index (Phi) is 5.59. The van der Waals surface area contributed by atoms with Gasteiger partial charge in [-0.3, -0.25) is 0 Å². The average molecular weight is 430 g/mol. The van der Waals surface area contributed by atoms with Crippen LogP contribution in [0.1, 0.15) is 11.1 Å². The maximum Gasteiger partial charge on any atom is 0.243 e. The zero-order valence-corrected chi connectivity index (χ0v) is 17.0. The Balaban J connectivity index is 1.81. The van der Waals surface area contributed by atoms with Crippen LogP contribution in [0.15, 0.2) is 46.2 Å². The van der Waals surface area contributed by atoms with E-state index in [4.69, 9.17) is 0 Å². The normalized spacial score (nSPS) is 17.0. The Labute approximate surface area is 163 Å². The molecule has 2 aromatic rings. The van der Waals surface area contributed by atoms with Gasteiger partial charge in [0.25, 0.3) is 0 Å². The highest BCUT2D eigenvalue weighted by atomic mass is 32.2. The van der Waals surface area contributed by atoms with E-state index in [0.29, 0.717) is 11.6 Å². The van der Waals surface area contributed by atoms with E-state index in [1.165, 1.54) is 4.31 Å². The summed E-state index contributed by atoms with van der Waals surface area (Å²) < 4.78 is 80.2. The number of halogens is 2. The van der Waals surface area contributed by atoms with Gasteiger partial charge in [0.2, 0.25) is 20.0 Å². The molecule has 1 aliphatic heterocycles. The summed E-state index contributed by atoms with van der Waals surface area (Å²) in [5.74, 6) is -1.98. The molecule has 0 spiro atoms. The molecule has 1 aliphatic rings. The number of rotatable bonds is 4. The Hall–Kier alpha value is -1.88. The summed E-state index contributed by atoms with van der Waals surface area (Å²) in [6, 6.07) is 7.21. The molecular formula is C18H20F2N2O4S2. The molecule has 0 aromatic heterocycles. The molecular weight excluding hydrogens is 410 g/mol.